The van der Waals surface area contributed by atoms with Crippen LogP contribution in [0.15, 0.2) is 48.5 Å². The molecule has 1 saturated heterocycles. The van der Waals surface area contributed by atoms with Gasteiger partial charge in [0, 0.05) is 18.1 Å². The Labute approximate surface area is 169 Å². The molecule has 0 N–H and O–H groups in total. The van der Waals surface area contributed by atoms with Gasteiger partial charge in [0.15, 0.2) is 5.82 Å². The first-order chi connectivity index (χ1) is 13.9. The van der Waals surface area contributed by atoms with Crippen LogP contribution in [0.3, 0.4) is 0 Å². The molecule has 3 aromatic rings. The highest BCUT2D eigenvalue weighted by atomic mass is 35.5. The van der Waals surface area contributed by atoms with Gasteiger partial charge < -0.3 is 4.74 Å². The number of aromatic nitrogens is 4. The van der Waals surface area contributed by atoms with Crippen molar-refractivity contribution in [2.75, 3.05) is 26.3 Å². The number of hydrogen-bond acceptors (Lipinski definition) is 5. The quantitative estimate of drug-likeness (QED) is 0.639. The van der Waals surface area contributed by atoms with Gasteiger partial charge in [-0.05, 0) is 46.3 Å². The lowest BCUT2D eigenvalue weighted by atomic mass is 10.0. The predicted octanol–water partition coefficient (Wildman–Crippen LogP) is 3.76. The molecule has 1 aliphatic heterocycles. The lowest BCUT2D eigenvalue weighted by molar-refractivity contribution is -0.137. The second kappa shape index (κ2) is 8.10. The van der Waals surface area contributed by atoms with E-state index in [1.807, 2.05) is 18.2 Å². The molecular weight excluding hydrogens is 407 g/mol. The molecule has 10 heteroatoms. The van der Waals surface area contributed by atoms with E-state index >= 15 is 0 Å². The van der Waals surface area contributed by atoms with Gasteiger partial charge in [0.05, 0.1) is 30.5 Å². The summed E-state index contributed by atoms with van der Waals surface area (Å²) in [6, 6.07) is 11.8. The number of morpholine rings is 1. The van der Waals surface area contributed by atoms with Crippen molar-refractivity contribution < 1.29 is 17.9 Å². The van der Waals surface area contributed by atoms with Gasteiger partial charge in [-0.3, -0.25) is 4.90 Å². The Bertz CT molecular complexity index is 988. The number of benzene rings is 2. The van der Waals surface area contributed by atoms with E-state index in [1.165, 1.54) is 10.7 Å². The van der Waals surface area contributed by atoms with Gasteiger partial charge in [-0.25, -0.2) is 0 Å². The van der Waals surface area contributed by atoms with Crippen LogP contribution in [0.25, 0.3) is 5.69 Å². The third-order valence-electron chi connectivity index (χ3n) is 4.73. The van der Waals surface area contributed by atoms with E-state index in [9.17, 15) is 13.2 Å². The number of hydrogen-bond donors (Lipinski definition) is 0. The summed E-state index contributed by atoms with van der Waals surface area (Å²) in [6.07, 6.45) is -4.46. The Kier molecular flexibility index (Phi) is 5.53. The minimum absolute atomic E-state index is 0.236. The molecule has 4 rings (SSSR count). The summed E-state index contributed by atoms with van der Waals surface area (Å²) in [6.45, 7) is 2.35. The van der Waals surface area contributed by atoms with E-state index in [0.717, 1.165) is 17.7 Å². The largest absolute Gasteiger partial charge is 0.416 e. The molecule has 2 aromatic carbocycles. The lowest BCUT2D eigenvalue weighted by Gasteiger charge is -2.34. The summed E-state index contributed by atoms with van der Waals surface area (Å²) in [4.78, 5) is 2.13. The smallest absolute Gasteiger partial charge is 0.379 e. The number of halogens is 4. The van der Waals surface area contributed by atoms with Crippen molar-refractivity contribution in [1.29, 1.82) is 0 Å². The summed E-state index contributed by atoms with van der Waals surface area (Å²) >= 11 is 6.19. The van der Waals surface area contributed by atoms with E-state index in [4.69, 9.17) is 16.3 Å². The van der Waals surface area contributed by atoms with Crippen molar-refractivity contribution >= 4 is 11.6 Å². The Morgan fingerprint density at radius 1 is 1.03 bits per heavy atom. The molecule has 1 fully saturated rings. The molecule has 6 nitrogen and oxygen atoms in total. The highest BCUT2D eigenvalue weighted by Crippen LogP contribution is 2.33. The highest BCUT2D eigenvalue weighted by molar-refractivity contribution is 6.30. The van der Waals surface area contributed by atoms with Crippen LogP contribution < -0.4 is 0 Å². The number of nitrogens with zero attached hydrogens (tertiary/aromatic N) is 5. The molecule has 0 aliphatic carbocycles. The van der Waals surface area contributed by atoms with Crippen LogP contribution in [0.4, 0.5) is 13.2 Å². The van der Waals surface area contributed by atoms with Crippen molar-refractivity contribution in [2.24, 2.45) is 0 Å². The maximum absolute atomic E-state index is 13.2. The fourth-order valence-corrected chi connectivity index (χ4v) is 3.60. The summed E-state index contributed by atoms with van der Waals surface area (Å²) in [7, 11) is 0. The number of tetrazole rings is 1. The van der Waals surface area contributed by atoms with Gasteiger partial charge in [-0.15, -0.1) is 5.10 Å². The maximum atomic E-state index is 13.2. The van der Waals surface area contributed by atoms with Gasteiger partial charge >= 0.3 is 6.18 Å². The summed E-state index contributed by atoms with van der Waals surface area (Å²) in [5.41, 5.74) is 0.324. The van der Waals surface area contributed by atoms with Crippen LogP contribution in [0.2, 0.25) is 5.02 Å². The summed E-state index contributed by atoms with van der Waals surface area (Å²) < 4.78 is 46.3. The van der Waals surface area contributed by atoms with Gasteiger partial charge in [-0.1, -0.05) is 29.8 Å². The van der Waals surface area contributed by atoms with E-state index in [-0.39, 0.29) is 11.7 Å². The van der Waals surface area contributed by atoms with Crippen molar-refractivity contribution in [3.63, 3.8) is 0 Å². The van der Waals surface area contributed by atoms with Crippen molar-refractivity contribution in [2.45, 2.75) is 12.2 Å². The SMILES string of the molecule is FC(F)(F)c1cccc(-n2nnnc2C(c2cccc(Cl)c2)N2CCOCC2)c1. The van der Waals surface area contributed by atoms with Gasteiger partial charge in [-0.2, -0.15) is 17.9 Å². The molecule has 1 aliphatic rings. The van der Waals surface area contributed by atoms with Crippen LogP contribution in [0.1, 0.15) is 23.0 Å². The molecule has 2 heterocycles. The molecule has 1 atom stereocenters. The summed E-state index contributed by atoms with van der Waals surface area (Å²) in [5, 5.41) is 12.4. The zero-order valence-corrected chi connectivity index (χ0v) is 15.9. The van der Waals surface area contributed by atoms with Crippen molar-refractivity contribution in [1.82, 2.24) is 25.1 Å². The Morgan fingerprint density at radius 2 is 1.79 bits per heavy atom. The first-order valence-electron chi connectivity index (χ1n) is 8.96. The standard InChI is InChI=1S/C19H17ClF3N5O/c20-15-5-1-3-13(11-15)17(27-7-9-29-10-8-27)18-24-25-26-28(18)16-6-2-4-14(12-16)19(21,22)23/h1-6,11-12,17H,7-10H2. The first kappa shape index (κ1) is 19.8. The van der Waals surface area contributed by atoms with E-state index in [1.54, 1.807) is 12.1 Å². The third kappa shape index (κ3) is 4.26. The minimum Gasteiger partial charge on any atom is -0.379 e. The molecule has 1 unspecified atom stereocenters. The first-order valence-corrected chi connectivity index (χ1v) is 9.34. The van der Waals surface area contributed by atoms with Crippen molar-refractivity contribution in [3.05, 3.63) is 70.5 Å². The van der Waals surface area contributed by atoms with Gasteiger partial charge in [0.1, 0.15) is 0 Å². The molecular formula is C19H17ClF3N5O. The predicted molar refractivity (Wildman–Crippen MR) is 99.8 cm³/mol. The fraction of sp³-hybridized carbons (Fsp3) is 0.316. The topological polar surface area (TPSA) is 56.1 Å². The third-order valence-corrected chi connectivity index (χ3v) is 4.97. The minimum atomic E-state index is -4.46. The van der Waals surface area contributed by atoms with Crippen LogP contribution in [0, 0.1) is 0 Å². The highest BCUT2D eigenvalue weighted by Gasteiger charge is 2.32. The average Bonchev–Trinajstić information content (AvgIpc) is 3.18. The zero-order chi connectivity index (χ0) is 20.4. The summed E-state index contributed by atoms with van der Waals surface area (Å²) in [5.74, 6) is 0.411. The lowest BCUT2D eigenvalue weighted by Crippen LogP contribution is -2.40. The molecule has 29 heavy (non-hydrogen) atoms. The second-order valence-electron chi connectivity index (χ2n) is 6.60. The zero-order valence-electron chi connectivity index (χ0n) is 15.2. The van der Waals surface area contributed by atoms with E-state index < -0.39 is 11.7 Å². The Morgan fingerprint density at radius 3 is 2.52 bits per heavy atom. The molecule has 0 spiro atoms. The van der Waals surface area contributed by atoms with Crippen LogP contribution in [-0.2, 0) is 10.9 Å². The molecule has 0 saturated carbocycles. The molecule has 152 valence electrons. The molecule has 0 bridgehead atoms. The fourth-order valence-electron chi connectivity index (χ4n) is 3.40. The van der Waals surface area contributed by atoms with E-state index in [0.29, 0.717) is 37.2 Å². The molecule has 0 amide bonds. The average molecular weight is 424 g/mol. The Hall–Kier alpha value is -2.49. The van der Waals surface area contributed by atoms with Gasteiger partial charge in [0.2, 0.25) is 0 Å². The van der Waals surface area contributed by atoms with Gasteiger partial charge in [0.25, 0.3) is 0 Å². The number of ether oxygens (including phenoxy) is 1. The normalized spacial score (nSPS) is 16.7. The van der Waals surface area contributed by atoms with E-state index in [2.05, 4.69) is 20.4 Å². The number of rotatable bonds is 4. The van der Waals surface area contributed by atoms with Crippen LogP contribution in [-0.4, -0.2) is 51.4 Å². The maximum Gasteiger partial charge on any atom is 0.416 e. The monoisotopic (exact) mass is 423 g/mol. The van der Waals surface area contributed by atoms with Crippen molar-refractivity contribution in [3.8, 4) is 5.69 Å². The molecule has 1 aromatic heterocycles. The molecule has 0 radical (unpaired) electrons. The Balaban J connectivity index is 1.80. The van der Waals surface area contributed by atoms with Crippen LogP contribution >= 0.6 is 11.6 Å². The van der Waals surface area contributed by atoms with Crippen LogP contribution in [0.5, 0.6) is 0 Å². The second-order valence-corrected chi connectivity index (χ2v) is 7.04. The number of alkyl halides is 3.